The summed E-state index contributed by atoms with van der Waals surface area (Å²) in [5.74, 6) is 0.609. The molecule has 2 nitrogen and oxygen atoms in total. The van der Waals surface area contributed by atoms with Crippen molar-refractivity contribution < 1.29 is 9.13 Å². The van der Waals surface area contributed by atoms with Crippen molar-refractivity contribution >= 4 is 0 Å². The minimum absolute atomic E-state index is 0.0175. The Balaban J connectivity index is 2.44. The van der Waals surface area contributed by atoms with Gasteiger partial charge < -0.3 is 10.1 Å². The van der Waals surface area contributed by atoms with Crippen LogP contribution < -0.4 is 10.1 Å². The largest absolute Gasteiger partial charge is 0.496 e. The third kappa shape index (κ3) is 2.93. The van der Waals surface area contributed by atoms with Crippen molar-refractivity contribution in [2.45, 2.75) is 13.0 Å². The van der Waals surface area contributed by atoms with Crippen LogP contribution in [0.1, 0.15) is 22.7 Å². The summed E-state index contributed by atoms with van der Waals surface area (Å²) in [5.41, 5.74) is 3.20. The highest BCUT2D eigenvalue weighted by atomic mass is 19.1. The molecule has 0 aliphatic carbocycles. The van der Waals surface area contributed by atoms with Crippen LogP contribution in [0.2, 0.25) is 0 Å². The molecule has 1 atom stereocenters. The Labute approximate surface area is 113 Å². The Bertz CT molecular complexity index is 551. The van der Waals surface area contributed by atoms with Gasteiger partial charge in [0.05, 0.1) is 13.2 Å². The third-order valence-corrected chi connectivity index (χ3v) is 3.19. The summed E-state index contributed by atoms with van der Waals surface area (Å²) in [4.78, 5) is 0. The first-order valence-corrected chi connectivity index (χ1v) is 6.23. The molecule has 19 heavy (non-hydrogen) atoms. The first-order valence-electron chi connectivity index (χ1n) is 6.23. The van der Waals surface area contributed by atoms with Gasteiger partial charge in [-0.3, -0.25) is 0 Å². The number of benzene rings is 2. The Morgan fingerprint density at radius 3 is 2.37 bits per heavy atom. The maximum atomic E-state index is 13.0. The topological polar surface area (TPSA) is 21.3 Å². The summed E-state index contributed by atoms with van der Waals surface area (Å²) >= 11 is 0. The van der Waals surface area contributed by atoms with Crippen LogP contribution in [0.5, 0.6) is 5.75 Å². The molecular formula is C16H18FNO. The summed E-state index contributed by atoms with van der Waals surface area (Å²) in [7, 11) is 3.54. The van der Waals surface area contributed by atoms with Crippen LogP contribution in [0.15, 0.2) is 42.5 Å². The van der Waals surface area contributed by atoms with E-state index in [1.54, 1.807) is 19.2 Å². The molecule has 2 aromatic rings. The molecule has 3 heteroatoms. The molecule has 2 rings (SSSR count). The summed E-state index contributed by atoms with van der Waals surface area (Å²) < 4.78 is 18.4. The summed E-state index contributed by atoms with van der Waals surface area (Å²) in [6.45, 7) is 2.03. The van der Waals surface area contributed by atoms with Gasteiger partial charge in [-0.2, -0.15) is 0 Å². The fraction of sp³-hybridized carbons (Fsp3) is 0.250. The third-order valence-electron chi connectivity index (χ3n) is 3.19. The minimum atomic E-state index is -0.227. The molecule has 2 aromatic carbocycles. The van der Waals surface area contributed by atoms with Crippen molar-refractivity contribution in [1.82, 2.24) is 5.32 Å². The Morgan fingerprint density at radius 2 is 1.79 bits per heavy atom. The van der Waals surface area contributed by atoms with E-state index in [1.165, 1.54) is 12.1 Å². The zero-order valence-corrected chi connectivity index (χ0v) is 11.4. The Kier molecular flexibility index (Phi) is 4.17. The van der Waals surface area contributed by atoms with Gasteiger partial charge in [0.1, 0.15) is 11.6 Å². The lowest BCUT2D eigenvalue weighted by atomic mass is 9.97. The molecule has 0 amide bonds. The second-order valence-corrected chi connectivity index (χ2v) is 4.52. The first kappa shape index (κ1) is 13.6. The van der Waals surface area contributed by atoms with Gasteiger partial charge in [0.15, 0.2) is 0 Å². The highest BCUT2D eigenvalue weighted by Gasteiger charge is 2.16. The monoisotopic (exact) mass is 259 g/mol. The fourth-order valence-electron chi connectivity index (χ4n) is 2.21. The standard InChI is InChI=1S/C16H18FNO/c1-11-4-9-14(15(10-11)19-3)16(18-2)12-5-7-13(17)8-6-12/h4-10,16,18H,1-3H3. The van der Waals surface area contributed by atoms with Gasteiger partial charge in [0.2, 0.25) is 0 Å². The van der Waals surface area contributed by atoms with Gasteiger partial charge >= 0.3 is 0 Å². The number of halogens is 1. The summed E-state index contributed by atoms with van der Waals surface area (Å²) in [6.07, 6.45) is 0. The van der Waals surface area contributed by atoms with Crippen molar-refractivity contribution in [2.24, 2.45) is 0 Å². The van der Waals surface area contributed by atoms with Crippen molar-refractivity contribution in [3.05, 3.63) is 65.0 Å². The van der Waals surface area contributed by atoms with Crippen LogP contribution in [0.4, 0.5) is 4.39 Å². The number of methoxy groups -OCH3 is 1. The molecule has 0 aromatic heterocycles. The number of hydrogen-bond acceptors (Lipinski definition) is 2. The first-order chi connectivity index (χ1) is 9.15. The van der Waals surface area contributed by atoms with Crippen LogP contribution in [0, 0.1) is 12.7 Å². The van der Waals surface area contributed by atoms with Crippen molar-refractivity contribution in [2.75, 3.05) is 14.2 Å². The molecule has 0 saturated heterocycles. The van der Waals surface area contributed by atoms with Gasteiger partial charge in [-0.05, 0) is 43.3 Å². The minimum Gasteiger partial charge on any atom is -0.496 e. The van der Waals surface area contributed by atoms with E-state index in [2.05, 4.69) is 5.32 Å². The average molecular weight is 259 g/mol. The zero-order chi connectivity index (χ0) is 13.8. The van der Waals surface area contributed by atoms with E-state index in [-0.39, 0.29) is 11.9 Å². The SMILES string of the molecule is CNC(c1ccc(F)cc1)c1ccc(C)cc1OC. The number of nitrogens with one attached hydrogen (secondary N) is 1. The van der Waals surface area contributed by atoms with Crippen LogP contribution in [0.3, 0.4) is 0 Å². The number of hydrogen-bond donors (Lipinski definition) is 1. The van der Waals surface area contributed by atoms with Crippen LogP contribution in [-0.2, 0) is 0 Å². The zero-order valence-electron chi connectivity index (χ0n) is 11.4. The van der Waals surface area contributed by atoms with E-state index < -0.39 is 0 Å². The van der Waals surface area contributed by atoms with E-state index in [0.29, 0.717) is 0 Å². The van der Waals surface area contributed by atoms with Crippen LogP contribution in [0.25, 0.3) is 0 Å². The highest BCUT2D eigenvalue weighted by molar-refractivity contribution is 5.43. The molecule has 0 aliphatic rings. The van der Waals surface area contributed by atoms with E-state index in [1.807, 2.05) is 32.2 Å². The summed E-state index contributed by atoms with van der Waals surface area (Å²) in [6, 6.07) is 12.6. The van der Waals surface area contributed by atoms with E-state index in [0.717, 1.165) is 22.4 Å². The lowest BCUT2D eigenvalue weighted by Crippen LogP contribution is -2.18. The molecule has 100 valence electrons. The van der Waals surface area contributed by atoms with E-state index in [9.17, 15) is 4.39 Å². The molecular weight excluding hydrogens is 241 g/mol. The number of aryl methyl sites for hydroxylation is 1. The maximum Gasteiger partial charge on any atom is 0.124 e. The maximum absolute atomic E-state index is 13.0. The predicted molar refractivity (Wildman–Crippen MR) is 75.0 cm³/mol. The second kappa shape index (κ2) is 5.85. The second-order valence-electron chi connectivity index (χ2n) is 4.52. The van der Waals surface area contributed by atoms with Gasteiger partial charge in [-0.15, -0.1) is 0 Å². The van der Waals surface area contributed by atoms with Gasteiger partial charge in [0.25, 0.3) is 0 Å². The molecule has 1 N–H and O–H groups in total. The lowest BCUT2D eigenvalue weighted by Gasteiger charge is -2.20. The quantitative estimate of drug-likeness (QED) is 0.908. The lowest BCUT2D eigenvalue weighted by molar-refractivity contribution is 0.405. The van der Waals surface area contributed by atoms with Gasteiger partial charge in [-0.25, -0.2) is 4.39 Å². The number of rotatable bonds is 4. The highest BCUT2D eigenvalue weighted by Crippen LogP contribution is 2.30. The smallest absolute Gasteiger partial charge is 0.124 e. The Morgan fingerprint density at radius 1 is 1.11 bits per heavy atom. The number of ether oxygens (including phenoxy) is 1. The molecule has 0 fully saturated rings. The normalized spacial score (nSPS) is 12.2. The molecule has 1 unspecified atom stereocenters. The van der Waals surface area contributed by atoms with E-state index in [4.69, 9.17) is 4.74 Å². The summed E-state index contributed by atoms with van der Waals surface area (Å²) in [5, 5.41) is 3.25. The molecule has 0 saturated carbocycles. The molecule has 0 spiro atoms. The fourth-order valence-corrected chi connectivity index (χ4v) is 2.21. The molecule has 0 heterocycles. The van der Waals surface area contributed by atoms with Crippen LogP contribution >= 0.6 is 0 Å². The molecule has 0 bridgehead atoms. The van der Waals surface area contributed by atoms with E-state index >= 15 is 0 Å². The Hall–Kier alpha value is -1.87. The molecule has 0 aliphatic heterocycles. The van der Waals surface area contributed by atoms with Crippen LogP contribution in [-0.4, -0.2) is 14.2 Å². The van der Waals surface area contributed by atoms with Crippen molar-refractivity contribution in [3.8, 4) is 5.75 Å². The van der Waals surface area contributed by atoms with Crippen molar-refractivity contribution in [3.63, 3.8) is 0 Å². The van der Waals surface area contributed by atoms with Gasteiger partial charge in [0, 0.05) is 5.56 Å². The molecule has 0 radical (unpaired) electrons. The van der Waals surface area contributed by atoms with Crippen molar-refractivity contribution in [1.29, 1.82) is 0 Å². The average Bonchev–Trinajstić information content (AvgIpc) is 2.43. The van der Waals surface area contributed by atoms with Gasteiger partial charge in [-0.1, -0.05) is 24.3 Å². The predicted octanol–water partition coefficient (Wildman–Crippen LogP) is 3.45.